The Hall–Kier alpha value is -3.62. The van der Waals surface area contributed by atoms with Gasteiger partial charge < -0.3 is 10.1 Å². The van der Waals surface area contributed by atoms with Crippen molar-refractivity contribution >= 4 is 52.5 Å². The average molecular weight is 511 g/mol. The molecule has 3 aromatic rings. The molecule has 4 rings (SSSR count). The Morgan fingerprint density at radius 1 is 0.971 bits per heavy atom. The van der Waals surface area contributed by atoms with Crippen molar-refractivity contribution in [2.24, 2.45) is 0 Å². The van der Waals surface area contributed by atoms with Gasteiger partial charge in [-0.25, -0.2) is 14.1 Å². The Bertz CT molecular complexity index is 1220. The highest BCUT2D eigenvalue weighted by Gasteiger charge is 2.40. The molecule has 2 amide bonds. The van der Waals surface area contributed by atoms with Crippen LogP contribution in [0.2, 0.25) is 5.02 Å². The van der Waals surface area contributed by atoms with E-state index in [-0.39, 0.29) is 10.6 Å². The van der Waals surface area contributed by atoms with Crippen molar-refractivity contribution in [1.82, 2.24) is 0 Å². The predicted molar refractivity (Wildman–Crippen MR) is 134 cm³/mol. The lowest BCUT2D eigenvalue weighted by Crippen LogP contribution is -2.32. The van der Waals surface area contributed by atoms with Crippen LogP contribution in [-0.4, -0.2) is 24.4 Å². The highest BCUT2D eigenvalue weighted by atomic mass is 35.5. The molecule has 0 aliphatic carbocycles. The first-order chi connectivity index (χ1) is 16.9. The molecule has 0 saturated carbocycles. The van der Waals surface area contributed by atoms with Crippen molar-refractivity contribution in [3.05, 3.63) is 99.8 Å². The van der Waals surface area contributed by atoms with Gasteiger partial charge in [0.1, 0.15) is 16.4 Å². The number of thioether (sulfide) groups is 1. The number of esters is 1. The number of carbonyl (C=O) groups is 3. The summed E-state index contributed by atoms with van der Waals surface area (Å²) in [5, 5.41) is 3.51. The number of rotatable bonds is 8. The molecular weight excluding hydrogens is 491 g/mol. The van der Waals surface area contributed by atoms with Gasteiger partial charge in [-0.15, -0.1) is 0 Å². The number of hydrogen-bond donors (Lipinski definition) is 1. The van der Waals surface area contributed by atoms with Gasteiger partial charge in [-0.05, 0) is 79.2 Å². The average Bonchev–Trinajstić information content (AvgIpc) is 3.09. The lowest BCUT2D eigenvalue weighted by molar-refractivity contribution is -0.120. The zero-order valence-electron chi connectivity index (χ0n) is 18.6. The van der Waals surface area contributed by atoms with Gasteiger partial charge in [-0.3, -0.25) is 9.59 Å². The van der Waals surface area contributed by atoms with Crippen molar-refractivity contribution in [3.63, 3.8) is 0 Å². The van der Waals surface area contributed by atoms with E-state index in [0.29, 0.717) is 39.9 Å². The molecule has 3 aromatic carbocycles. The highest BCUT2D eigenvalue weighted by molar-refractivity contribution is 8.04. The molecule has 1 aliphatic rings. The number of halogens is 2. The summed E-state index contributed by atoms with van der Waals surface area (Å²) in [5.41, 5.74) is 1.13. The topological polar surface area (TPSA) is 75.7 Å². The van der Waals surface area contributed by atoms with Crippen molar-refractivity contribution in [3.8, 4) is 0 Å². The van der Waals surface area contributed by atoms with Gasteiger partial charge in [0.2, 0.25) is 0 Å². The molecule has 1 aliphatic heterocycles. The van der Waals surface area contributed by atoms with Crippen molar-refractivity contribution in [2.75, 3.05) is 16.8 Å². The smallest absolute Gasteiger partial charge is 0.338 e. The molecule has 0 fully saturated rings. The van der Waals surface area contributed by atoms with Crippen LogP contribution in [0, 0.1) is 5.82 Å². The van der Waals surface area contributed by atoms with E-state index >= 15 is 0 Å². The molecule has 0 bridgehead atoms. The first kappa shape index (κ1) is 24.5. The molecule has 0 saturated heterocycles. The summed E-state index contributed by atoms with van der Waals surface area (Å²) >= 11 is 7.08. The monoisotopic (exact) mass is 510 g/mol. The van der Waals surface area contributed by atoms with E-state index in [1.54, 1.807) is 24.3 Å². The van der Waals surface area contributed by atoms with Gasteiger partial charge in [0.05, 0.1) is 17.9 Å². The molecule has 6 nitrogen and oxygen atoms in total. The molecular formula is C26H20ClFN2O4S. The molecule has 0 unspecified atom stereocenters. The molecule has 0 atom stereocenters. The van der Waals surface area contributed by atoms with Crippen molar-refractivity contribution < 1.29 is 23.5 Å². The number of imide groups is 1. The van der Waals surface area contributed by atoms with Gasteiger partial charge >= 0.3 is 5.97 Å². The maximum absolute atomic E-state index is 13.4. The van der Waals surface area contributed by atoms with Gasteiger partial charge in [0.15, 0.2) is 0 Å². The SMILES string of the molecule is CCCOC(=O)c1ccc(N2C(=O)C(Nc3ccc(F)cc3)=C(Sc3ccc(Cl)cc3)C2=O)cc1. The summed E-state index contributed by atoms with van der Waals surface area (Å²) < 4.78 is 18.5. The number of anilines is 2. The Balaban J connectivity index is 1.65. The lowest BCUT2D eigenvalue weighted by Gasteiger charge is -2.15. The van der Waals surface area contributed by atoms with Crippen LogP contribution in [0.15, 0.2) is 88.3 Å². The number of carbonyl (C=O) groups excluding carboxylic acids is 3. The number of ether oxygens (including phenoxy) is 1. The first-order valence-corrected chi connectivity index (χ1v) is 11.9. The van der Waals surface area contributed by atoms with E-state index in [4.69, 9.17) is 16.3 Å². The maximum atomic E-state index is 13.4. The fourth-order valence-corrected chi connectivity index (χ4v) is 4.32. The number of hydrogen-bond acceptors (Lipinski definition) is 6. The molecule has 178 valence electrons. The minimum Gasteiger partial charge on any atom is -0.462 e. The van der Waals surface area contributed by atoms with Crippen LogP contribution in [0.5, 0.6) is 0 Å². The fraction of sp³-hybridized carbons (Fsp3) is 0.115. The van der Waals surface area contributed by atoms with E-state index in [2.05, 4.69) is 5.32 Å². The van der Waals surface area contributed by atoms with Gasteiger partial charge in [0.25, 0.3) is 11.8 Å². The number of amides is 2. The van der Waals surface area contributed by atoms with E-state index < -0.39 is 23.6 Å². The zero-order valence-corrected chi connectivity index (χ0v) is 20.2. The summed E-state index contributed by atoms with van der Waals surface area (Å²) in [7, 11) is 0. The normalized spacial score (nSPS) is 13.4. The largest absolute Gasteiger partial charge is 0.462 e. The van der Waals surface area contributed by atoms with Crippen LogP contribution >= 0.6 is 23.4 Å². The van der Waals surface area contributed by atoms with Crippen LogP contribution in [-0.2, 0) is 14.3 Å². The van der Waals surface area contributed by atoms with Crippen LogP contribution < -0.4 is 10.2 Å². The summed E-state index contributed by atoms with van der Waals surface area (Å²) in [4.78, 5) is 40.8. The summed E-state index contributed by atoms with van der Waals surface area (Å²) in [6.45, 7) is 2.20. The predicted octanol–water partition coefficient (Wildman–Crippen LogP) is 6.04. The summed E-state index contributed by atoms with van der Waals surface area (Å²) in [5.74, 6) is -2.00. The van der Waals surface area contributed by atoms with E-state index in [9.17, 15) is 18.8 Å². The van der Waals surface area contributed by atoms with Crippen LogP contribution in [0.1, 0.15) is 23.7 Å². The standard InChI is InChI=1S/C26H20ClFN2O4S/c1-2-15-34-26(33)16-3-11-20(12-4-16)30-24(31)22(29-19-9-7-18(28)8-10-19)23(25(30)32)35-21-13-5-17(27)6-14-21/h3-14,29H,2,15H2,1H3. The second-order valence-electron chi connectivity index (χ2n) is 7.52. The van der Waals surface area contributed by atoms with Gasteiger partial charge in [0, 0.05) is 15.6 Å². The van der Waals surface area contributed by atoms with Gasteiger partial charge in [-0.2, -0.15) is 0 Å². The third kappa shape index (κ3) is 5.55. The minimum atomic E-state index is -0.572. The van der Waals surface area contributed by atoms with Crippen LogP contribution in [0.25, 0.3) is 0 Å². The second-order valence-corrected chi connectivity index (χ2v) is 9.04. The molecule has 0 radical (unpaired) electrons. The molecule has 1 heterocycles. The zero-order chi connectivity index (χ0) is 24.9. The minimum absolute atomic E-state index is 0.0630. The Kier molecular flexibility index (Phi) is 7.53. The lowest BCUT2D eigenvalue weighted by atomic mass is 10.2. The molecule has 35 heavy (non-hydrogen) atoms. The van der Waals surface area contributed by atoms with E-state index in [0.717, 1.165) is 16.7 Å². The first-order valence-electron chi connectivity index (χ1n) is 10.7. The maximum Gasteiger partial charge on any atom is 0.338 e. The Morgan fingerprint density at radius 2 is 1.63 bits per heavy atom. The third-order valence-corrected chi connectivity index (χ3v) is 6.33. The van der Waals surface area contributed by atoms with Crippen molar-refractivity contribution in [1.29, 1.82) is 0 Å². The quantitative estimate of drug-likeness (QED) is 0.294. The van der Waals surface area contributed by atoms with E-state index in [1.165, 1.54) is 48.5 Å². The second kappa shape index (κ2) is 10.8. The molecule has 0 spiro atoms. The van der Waals surface area contributed by atoms with Crippen LogP contribution in [0.4, 0.5) is 15.8 Å². The highest BCUT2D eigenvalue weighted by Crippen LogP contribution is 2.38. The molecule has 1 N–H and O–H groups in total. The van der Waals surface area contributed by atoms with Gasteiger partial charge in [-0.1, -0.05) is 30.3 Å². The Morgan fingerprint density at radius 3 is 2.26 bits per heavy atom. The number of nitrogens with zero attached hydrogens (tertiary/aromatic N) is 1. The number of nitrogens with one attached hydrogen (secondary N) is 1. The van der Waals surface area contributed by atoms with E-state index in [1.807, 2.05) is 6.92 Å². The Labute approximate surface area is 210 Å². The number of benzene rings is 3. The summed E-state index contributed by atoms with van der Waals surface area (Å²) in [6.07, 6.45) is 0.699. The summed E-state index contributed by atoms with van der Waals surface area (Å²) in [6, 6.07) is 18.4. The molecule has 9 heteroatoms. The van der Waals surface area contributed by atoms with Crippen molar-refractivity contribution in [2.45, 2.75) is 18.2 Å². The fourth-order valence-electron chi connectivity index (χ4n) is 3.27. The molecule has 0 aromatic heterocycles. The third-order valence-electron chi connectivity index (χ3n) is 4.99. The van der Waals surface area contributed by atoms with Crippen LogP contribution in [0.3, 0.4) is 0 Å².